The number of rotatable bonds is 5. The molecule has 3 nitrogen and oxygen atoms in total. The molecule has 0 amide bonds. The monoisotopic (exact) mass is 208 g/mol. The van der Waals surface area contributed by atoms with Crippen LogP contribution in [0.3, 0.4) is 0 Å². The van der Waals surface area contributed by atoms with Crippen LogP contribution in [0.25, 0.3) is 0 Å². The molecule has 0 aromatic carbocycles. The Morgan fingerprint density at radius 2 is 1.93 bits per heavy atom. The fraction of sp³-hybridized carbons (Fsp3) is 0.333. The average molecular weight is 208 g/mol. The van der Waals surface area contributed by atoms with Crippen LogP contribution in [0, 0.1) is 0 Å². The third-order valence-electron chi connectivity index (χ3n) is 1.67. The summed E-state index contributed by atoms with van der Waals surface area (Å²) in [6.45, 7) is 8.08. The summed E-state index contributed by atoms with van der Waals surface area (Å²) in [7, 11) is 0. The molecule has 1 atom stereocenters. The first-order valence-electron chi connectivity index (χ1n) is 4.66. The van der Waals surface area contributed by atoms with Gasteiger partial charge in [-0.2, -0.15) is 0 Å². The molecule has 0 bridgehead atoms. The maximum absolute atomic E-state index is 11.3. The minimum Gasteiger partial charge on any atom is -0.450 e. The van der Waals surface area contributed by atoms with Crippen LogP contribution >= 0.6 is 0 Å². The Balaban J connectivity index is 4.93. The van der Waals surface area contributed by atoms with E-state index < -0.39 is 12.1 Å². The lowest BCUT2D eigenvalue weighted by Crippen LogP contribution is -2.25. The second kappa shape index (κ2) is 6.76. The summed E-state index contributed by atoms with van der Waals surface area (Å²) in [6.07, 6.45) is 5.93. The van der Waals surface area contributed by atoms with Gasteiger partial charge < -0.3 is 4.74 Å². The molecule has 0 N–H and O–H groups in total. The van der Waals surface area contributed by atoms with Gasteiger partial charge in [0.05, 0.1) is 0 Å². The molecule has 0 rings (SSSR count). The number of hydrogen-bond acceptors (Lipinski definition) is 3. The molecule has 0 aliphatic rings. The largest absolute Gasteiger partial charge is 0.450 e. The van der Waals surface area contributed by atoms with Gasteiger partial charge in [-0.15, -0.1) is 0 Å². The summed E-state index contributed by atoms with van der Waals surface area (Å²) < 4.78 is 4.90. The molecular formula is C12H16O3. The van der Waals surface area contributed by atoms with Crippen molar-refractivity contribution in [3.63, 3.8) is 0 Å². The summed E-state index contributed by atoms with van der Waals surface area (Å²) >= 11 is 0. The summed E-state index contributed by atoms with van der Waals surface area (Å²) in [6, 6.07) is 0. The van der Waals surface area contributed by atoms with E-state index in [2.05, 4.69) is 6.58 Å². The SMILES string of the molecule is C=C/C(=C\C=C/C)C(OC(C)=O)C(C)=O. The van der Waals surface area contributed by atoms with Gasteiger partial charge in [0, 0.05) is 6.92 Å². The van der Waals surface area contributed by atoms with E-state index in [1.54, 1.807) is 12.2 Å². The van der Waals surface area contributed by atoms with Crippen molar-refractivity contribution in [2.24, 2.45) is 0 Å². The van der Waals surface area contributed by atoms with E-state index in [1.165, 1.54) is 19.9 Å². The van der Waals surface area contributed by atoms with Crippen molar-refractivity contribution in [3.8, 4) is 0 Å². The molecule has 0 aromatic rings. The summed E-state index contributed by atoms with van der Waals surface area (Å²) in [5.41, 5.74) is 0.579. The molecule has 0 saturated carbocycles. The number of ether oxygens (including phenoxy) is 1. The molecule has 0 aromatic heterocycles. The lowest BCUT2D eigenvalue weighted by atomic mass is 10.1. The number of Topliss-reactive ketones (excluding diaryl/α,β-unsaturated/α-hetero) is 1. The first kappa shape index (κ1) is 13.4. The summed E-state index contributed by atoms with van der Waals surface area (Å²) in [5, 5.41) is 0. The summed E-state index contributed by atoms with van der Waals surface area (Å²) in [5.74, 6) is -0.704. The molecule has 82 valence electrons. The van der Waals surface area contributed by atoms with Crippen LogP contribution in [0.15, 0.2) is 36.5 Å². The van der Waals surface area contributed by atoms with Gasteiger partial charge in [-0.1, -0.05) is 30.9 Å². The Hall–Kier alpha value is -1.64. The van der Waals surface area contributed by atoms with Crippen molar-refractivity contribution in [2.75, 3.05) is 0 Å². The third kappa shape index (κ3) is 4.96. The van der Waals surface area contributed by atoms with Crippen molar-refractivity contribution < 1.29 is 14.3 Å². The van der Waals surface area contributed by atoms with Crippen LogP contribution in [0.2, 0.25) is 0 Å². The minimum absolute atomic E-state index is 0.221. The number of esters is 1. The lowest BCUT2D eigenvalue weighted by molar-refractivity contribution is -0.149. The quantitative estimate of drug-likeness (QED) is 0.514. The maximum Gasteiger partial charge on any atom is 0.303 e. The van der Waals surface area contributed by atoms with E-state index in [9.17, 15) is 9.59 Å². The maximum atomic E-state index is 11.3. The Labute approximate surface area is 90.1 Å². The van der Waals surface area contributed by atoms with Crippen molar-refractivity contribution in [1.29, 1.82) is 0 Å². The molecule has 0 aliphatic heterocycles. The van der Waals surface area contributed by atoms with E-state index in [1.807, 2.05) is 13.0 Å². The highest BCUT2D eigenvalue weighted by molar-refractivity contribution is 5.86. The molecule has 0 spiro atoms. The number of carbonyl (C=O) groups excluding carboxylic acids is 2. The van der Waals surface area contributed by atoms with Gasteiger partial charge >= 0.3 is 5.97 Å². The van der Waals surface area contributed by atoms with Gasteiger partial charge in [-0.05, 0) is 19.4 Å². The molecular weight excluding hydrogens is 192 g/mol. The second-order valence-electron chi connectivity index (χ2n) is 3.00. The first-order valence-corrected chi connectivity index (χ1v) is 4.66. The van der Waals surface area contributed by atoms with Gasteiger partial charge in [-0.25, -0.2) is 0 Å². The molecule has 0 saturated heterocycles. The second-order valence-corrected chi connectivity index (χ2v) is 3.00. The molecule has 0 radical (unpaired) electrons. The highest BCUT2D eigenvalue weighted by Gasteiger charge is 2.19. The highest BCUT2D eigenvalue weighted by atomic mass is 16.5. The zero-order chi connectivity index (χ0) is 11.8. The number of ketones is 1. The molecule has 0 heterocycles. The van der Waals surface area contributed by atoms with Gasteiger partial charge in [0.15, 0.2) is 11.9 Å². The number of carbonyl (C=O) groups is 2. The normalized spacial score (nSPS) is 13.7. The van der Waals surface area contributed by atoms with Crippen LogP contribution in [0.5, 0.6) is 0 Å². The average Bonchev–Trinajstić information content (AvgIpc) is 2.16. The standard InChI is InChI=1S/C12H16O3/c1-5-7-8-11(6-2)12(9(3)13)15-10(4)14/h5-8,12H,2H2,1,3-4H3/b7-5-,11-8+. The molecule has 15 heavy (non-hydrogen) atoms. The smallest absolute Gasteiger partial charge is 0.303 e. The topological polar surface area (TPSA) is 43.4 Å². The van der Waals surface area contributed by atoms with Crippen molar-refractivity contribution in [1.82, 2.24) is 0 Å². The van der Waals surface area contributed by atoms with Gasteiger partial charge in [-0.3, -0.25) is 9.59 Å². The first-order chi connectivity index (χ1) is 7.02. The van der Waals surface area contributed by atoms with Crippen LogP contribution in [0.4, 0.5) is 0 Å². The van der Waals surface area contributed by atoms with E-state index in [4.69, 9.17) is 4.74 Å². The zero-order valence-electron chi connectivity index (χ0n) is 9.32. The predicted molar refractivity (Wildman–Crippen MR) is 59.3 cm³/mol. The van der Waals surface area contributed by atoms with Crippen LogP contribution in [-0.2, 0) is 14.3 Å². The predicted octanol–water partition coefficient (Wildman–Crippen LogP) is 2.20. The van der Waals surface area contributed by atoms with Crippen LogP contribution in [0.1, 0.15) is 20.8 Å². The number of hydrogen-bond donors (Lipinski definition) is 0. The van der Waals surface area contributed by atoms with Crippen LogP contribution in [-0.4, -0.2) is 17.9 Å². The van der Waals surface area contributed by atoms with E-state index >= 15 is 0 Å². The minimum atomic E-state index is -0.851. The highest BCUT2D eigenvalue weighted by Crippen LogP contribution is 2.10. The van der Waals surface area contributed by atoms with Gasteiger partial charge in [0.25, 0.3) is 0 Å². The molecule has 0 fully saturated rings. The Kier molecular flexibility index (Phi) is 6.02. The van der Waals surface area contributed by atoms with Crippen molar-refractivity contribution in [2.45, 2.75) is 26.9 Å². The van der Waals surface area contributed by atoms with Crippen molar-refractivity contribution in [3.05, 3.63) is 36.5 Å². The van der Waals surface area contributed by atoms with E-state index in [0.29, 0.717) is 5.57 Å². The summed E-state index contributed by atoms with van der Waals surface area (Å²) in [4.78, 5) is 22.1. The molecule has 1 unspecified atom stereocenters. The Morgan fingerprint density at radius 3 is 2.27 bits per heavy atom. The van der Waals surface area contributed by atoms with Crippen LogP contribution < -0.4 is 0 Å². The van der Waals surface area contributed by atoms with Crippen molar-refractivity contribution >= 4 is 11.8 Å². The fourth-order valence-corrected chi connectivity index (χ4v) is 1.02. The zero-order valence-corrected chi connectivity index (χ0v) is 9.32. The van der Waals surface area contributed by atoms with Gasteiger partial charge in [0.1, 0.15) is 0 Å². The third-order valence-corrected chi connectivity index (χ3v) is 1.67. The molecule has 3 heteroatoms. The Bertz CT molecular complexity index is 311. The van der Waals surface area contributed by atoms with Gasteiger partial charge in [0.2, 0.25) is 0 Å². The van der Waals surface area contributed by atoms with E-state index in [0.717, 1.165) is 0 Å². The lowest BCUT2D eigenvalue weighted by Gasteiger charge is -2.14. The fourth-order valence-electron chi connectivity index (χ4n) is 1.02. The Morgan fingerprint density at radius 1 is 1.33 bits per heavy atom. The molecule has 0 aliphatic carbocycles. The number of allylic oxidation sites excluding steroid dienone is 3. The van der Waals surface area contributed by atoms with E-state index in [-0.39, 0.29) is 5.78 Å².